The zero-order chi connectivity index (χ0) is 21.6. The summed E-state index contributed by atoms with van der Waals surface area (Å²) in [5.74, 6) is 0.332. The number of aryl methyl sites for hydroxylation is 2. The highest BCUT2D eigenvalue weighted by molar-refractivity contribution is 7.89. The molecule has 1 amide bonds. The van der Waals surface area contributed by atoms with Gasteiger partial charge in [0.1, 0.15) is 11.8 Å². The third-order valence-corrected chi connectivity index (χ3v) is 6.17. The van der Waals surface area contributed by atoms with Crippen LogP contribution in [0.5, 0.6) is 5.75 Å². The number of carbonyl (C=O) groups is 1. The van der Waals surface area contributed by atoms with E-state index in [1.54, 1.807) is 12.1 Å². The number of hydrogen-bond donors (Lipinski definition) is 2. The normalized spacial score (nSPS) is 12.6. The zero-order valence-electron chi connectivity index (χ0n) is 17.7. The van der Waals surface area contributed by atoms with E-state index in [0.717, 1.165) is 23.2 Å². The van der Waals surface area contributed by atoms with Crippen molar-refractivity contribution in [1.29, 1.82) is 0 Å². The van der Waals surface area contributed by atoms with Crippen molar-refractivity contribution in [3.63, 3.8) is 0 Å². The van der Waals surface area contributed by atoms with E-state index in [2.05, 4.69) is 10.0 Å². The predicted molar refractivity (Wildman–Crippen MR) is 116 cm³/mol. The molecular formula is C22H30N2O4S. The highest BCUT2D eigenvalue weighted by Crippen LogP contribution is 2.22. The number of para-hydroxylation sites is 1. The van der Waals surface area contributed by atoms with Crippen LogP contribution in [-0.2, 0) is 21.2 Å². The average molecular weight is 419 g/mol. The van der Waals surface area contributed by atoms with Gasteiger partial charge in [-0.15, -0.1) is 0 Å². The first-order valence-electron chi connectivity index (χ1n) is 9.73. The molecule has 2 N–H and O–H groups in total. The van der Waals surface area contributed by atoms with Gasteiger partial charge in [-0.2, -0.15) is 4.72 Å². The summed E-state index contributed by atoms with van der Waals surface area (Å²) >= 11 is 0. The number of methoxy groups -OCH3 is 1. The largest absolute Gasteiger partial charge is 0.497 e. The van der Waals surface area contributed by atoms with Crippen LogP contribution in [0.4, 0.5) is 5.69 Å². The van der Waals surface area contributed by atoms with Gasteiger partial charge in [0.2, 0.25) is 15.9 Å². The number of amides is 1. The van der Waals surface area contributed by atoms with Crippen molar-refractivity contribution in [2.45, 2.75) is 51.5 Å². The van der Waals surface area contributed by atoms with E-state index < -0.39 is 16.1 Å². The van der Waals surface area contributed by atoms with Crippen LogP contribution in [0, 0.1) is 12.8 Å². The number of ether oxygens (including phenoxy) is 1. The lowest BCUT2D eigenvalue weighted by Gasteiger charge is -2.22. The SMILES string of the molecule is CCc1cccc(C)c1NC(=O)[C@H](CC(C)C)NS(=O)(=O)c1ccc(OC)cc1. The maximum atomic E-state index is 13.0. The van der Waals surface area contributed by atoms with E-state index in [9.17, 15) is 13.2 Å². The molecule has 0 spiro atoms. The topological polar surface area (TPSA) is 84.5 Å². The Morgan fingerprint density at radius 3 is 2.31 bits per heavy atom. The number of nitrogens with one attached hydrogen (secondary N) is 2. The molecule has 0 saturated carbocycles. The Morgan fingerprint density at radius 1 is 1.10 bits per heavy atom. The fraction of sp³-hybridized carbons (Fsp3) is 0.409. The van der Waals surface area contributed by atoms with Gasteiger partial charge in [0.05, 0.1) is 12.0 Å². The second-order valence-electron chi connectivity index (χ2n) is 7.43. The van der Waals surface area contributed by atoms with Gasteiger partial charge in [-0.25, -0.2) is 8.42 Å². The molecule has 2 aromatic carbocycles. The summed E-state index contributed by atoms with van der Waals surface area (Å²) in [7, 11) is -2.34. The minimum atomic E-state index is -3.86. The smallest absolute Gasteiger partial charge is 0.242 e. The summed E-state index contributed by atoms with van der Waals surface area (Å²) in [4.78, 5) is 13.1. The molecule has 0 aromatic heterocycles. The fourth-order valence-corrected chi connectivity index (χ4v) is 4.31. The Bertz CT molecular complexity index is 938. The standard InChI is InChI=1S/C22H30N2O4S/c1-6-17-9-7-8-16(4)21(17)23-22(25)20(14-15(2)3)24-29(26,27)19-12-10-18(28-5)11-13-19/h7-13,15,20,24H,6,14H2,1-5H3,(H,23,25)/t20-/m0/s1. The number of anilines is 1. The number of hydrogen-bond acceptors (Lipinski definition) is 4. The van der Waals surface area contributed by atoms with Crippen LogP contribution < -0.4 is 14.8 Å². The second-order valence-corrected chi connectivity index (χ2v) is 9.14. The van der Waals surface area contributed by atoms with Gasteiger partial charge in [0, 0.05) is 5.69 Å². The molecule has 1 atom stereocenters. The summed E-state index contributed by atoms with van der Waals surface area (Å²) in [5, 5.41) is 2.94. The molecule has 0 aliphatic heterocycles. The van der Waals surface area contributed by atoms with Crippen molar-refractivity contribution >= 4 is 21.6 Å². The van der Waals surface area contributed by atoms with Gasteiger partial charge >= 0.3 is 0 Å². The minimum absolute atomic E-state index is 0.0880. The zero-order valence-corrected chi connectivity index (χ0v) is 18.5. The van der Waals surface area contributed by atoms with E-state index in [4.69, 9.17) is 4.74 Å². The van der Waals surface area contributed by atoms with Crippen LogP contribution in [0.15, 0.2) is 47.4 Å². The van der Waals surface area contributed by atoms with E-state index >= 15 is 0 Å². The van der Waals surface area contributed by atoms with Gasteiger partial charge in [-0.05, 0) is 61.1 Å². The average Bonchev–Trinajstić information content (AvgIpc) is 2.68. The molecule has 0 heterocycles. The van der Waals surface area contributed by atoms with Crippen molar-refractivity contribution in [3.8, 4) is 5.75 Å². The molecule has 0 aliphatic carbocycles. The molecule has 0 bridgehead atoms. The maximum absolute atomic E-state index is 13.0. The number of benzene rings is 2. The first-order chi connectivity index (χ1) is 13.7. The summed E-state index contributed by atoms with van der Waals surface area (Å²) in [6.45, 7) is 7.84. The molecule has 6 nitrogen and oxygen atoms in total. The Morgan fingerprint density at radius 2 is 1.76 bits per heavy atom. The second kappa shape index (κ2) is 9.89. The molecule has 0 fully saturated rings. The highest BCUT2D eigenvalue weighted by Gasteiger charge is 2.27. The summed E-state index contributed by atoms with van der Waals surface area (Å²) in [6, 6.07) is 11.0. The van der Waals surface area contributed by atoms with Crippen molar-refractivity contribution in [1.82, 2.24) is 4.72 Å². The molecule has 7 heteroatoms. The Hall–Kier alpha value is -2.38. The van der Waals surface area contributed by atoms with Crippen molar-refractivity contribution in [3.05, 3.63) is 53.6 Å². The molecule has 158 valence electrons. The molecule has 29 heavy (non-hydrogen) atoms. The lowest BCUT2D eigenvalue weighted by molar-refractivity contribution is -0.118. The summed E-state index contributed by atoms with van der Waals surface area (Å²) < 4.78 is 33.3. The van der Waals surface area contributed by atoms with E-state index in [0.29, 0.717) is 12.2 Å². The molecule has 0 aliphatic rings. The first-order valence-corrected chi connectivity index (χ1v) is 11.2. The first kappa shape index (κ1) is 22.9. The Balaban J connectivity index is 2.27. The molecule has 2 aromatic rings. The monoisotopic (exact) mass is 418 g/mol. The summed E-state index contributed by atoms with van der Waals surface area (Å²) in [5.41, 5.74) is 2.70. The van der Waals surface area contributed by atoms with Crippen molar-refractivity contribution < 1.29 is 17.9 Å². The van der Waals surface area contributed by atoms with Crippen LogP contribution in [0.2, 0.25) is 0 Å². The van der Waals surface area contributed by atoms with E-state index in [-0.39, 0.29) is 16.7 Å². The van der Waals surface area contributed by atoms with Gasteiger partial charge in [0.25, 0.3) is 0 Å². The summed E-state index contributed by atoms with van der Waals surface area (Å²) in [6.07, 6.45) is 1.15. The third-order valence-electron chi connectivity index (χ3n) is 4.68. The van der Waals surface area contributed by atoms with E-state index in [1.807, 2.05) is 45.9 Å². The molecule has 0 radical (unpaired) electrons. The van der Waals surface area contributed by atoms with Crippen LogP contribution in [-0.4, -0.2) is 27.5 Å². The fourth-order valence-electron chi connectivity index (χ4n) is 3.10. The van der Waals surface area contributed by atoms with Gasteiger partial charge in [-0.3, -0.25) is 4.79 Å². The van der Waals surface area contributed by atoms with Crippen LogP contribution in [0.1, 0.15) is 38.3 Å². The Kier molecular flexibility index (Phi) is 7.81. The van der Waals surface area contributed by atoms with Crippen LogP contribution in [0.3, 0.4) is 0 Å². The van der Waals surface area contributed by atoms with Crippen molar-refractivity contribution in [2.75, 3.05) is 12.4 Å². The van der Waals surface area contributed by atoms with E-state index in [1.165, 1.54) is 19.2 Å². The molecule has 2 rings (SSSR count). The minimum Gasteiger partial charge on any atom is -0.497 e. The molecule has 0 saturated heterocycles. The van der Waals surface area contributed by atoms with Crippen LogP contribution in [0.25, 0.3) is 0 Å². The third kappa shape index (κ3) is 6.05. The molecular weight excluding hydrogens is 388 g/mol. The number of carbonyl (C=O) groups excluding carboxylic acids is 1. The Labute approximate surface area is 173 Å². The maximum Gasteiger partial charge on any atom is 0.242 e. The highest BCUT2D eigenvalue weighted by atomic mass is 32.2. The lowest BCUT2D eigenvalue weighted by atomic mass is 10.0. The van der Waals surface area contributed by atoms with Gasteiger partial charge in [0.15, 0.2) is 0 Å². The van der Waals surface area contributed by atoms with Crippen molar-refractivity contribution in [2.24, 2.45) is 5.92 Å². The number of rotatable bonds is 9. The number of sulfonamides is 1. The predicted octanol–water partition coefficient (Wildman–Crippen LogP) is 3.90. The quantitative estimate of drug-likeness (QED) is 0.647. The lowest BCUT2D eigenvalue weighted by Crippen LogP contribution is -2.44. The van der Waals surface area contributed by atoms with Gasteiger partial charge in [-0.1, -0.05) is 39.0 Å². The van der Waals surface area contributed by atoms with Crippen LogP contribution >= 0.6 is 0 Å². The van der Waals surface area contributed by atoms with Gasteiger partial charge < -0.3 is 10.1 Å². The molecule has 0 unspecified atom stereocenters.